The van der Waals surface area contributed by atoms with Crippen LogP contribution in [0.1, 0.15) is 31.0 Å². The topological polar surface area (TPSA) is 39.2 Å². The number of ether oxygens (including phenoxy) is 1. The lowest BCUT2D eigenvalue weighted by Gasteiger charge is -2.01. The number of carbonyl (C=O) groups is 1. The third-order valence-electron chi connectivity index (χ3n) is 1.85. The van der Waals surface area contributed by atoms with Crippen LogP contribution >= 0.6 is 23.1 Å². The summed E-state index contributed by atoms with van der Waals surface area (Å²) in [4.78, 5) is 15.6. The summed E-state index contributed by atoms with van der Waals surface area (Å²) in [5, 5.41) is 3.04. The van der Waals surface area contributed by atoms with Gasteiger partial charge in [-0.2, -0.15) is 11.8 Å². The number of thioether (sulfide) groups is 1. The van der Waals surface area contributed by atoms with Gasteiger partial charge >= 0.3 is 5.97 Å². The van der Waals surface area contributed by atoms with Crippen molar-refractivity contribution in [1.82, 2.24) is 4.98 Å². The maximum Gasteiger partial charge on any atom is 0.316 e. The maximum atomic E-state index is 11.3. The number of hydrogen-bond acceptors (Lipinski definition) is 5. The van der Waals surface area contributed by atoms with Crippen LogP contribution in [0.2, 0.25) is 0 Å². The Morgan fingerprint density at radius 3 is 3.00 bits per heavy atom. The van der Waals surface area contributed by atoms with E-state index in [4.69, 9.17) is 4.74 Å². The Morgan fingerprint density at radius 2 is 2.38 bits per heavy atom. The summed E-state index contributed by atoms with van der Waals surface area (Å²) in [5.41, 5.74) is 0.857. The second-order valence-corrected chi connectivity index (χ2v) is 5.35. The minimum atomic E-state index is -0.149. The highest BCUT2D eigenvalue weighted by Gasteiger charge is 2.05. The molecule has 0 saturated carbocycles. The Kier molecular flexibility index (Phi) is 6.49. The van der Waals surface area contributed by atoms with E-state index in [2.05, 4.69) is 18.8 Å². The van der Waals surface area contributed by atoms with E-state index < -0.39 is 0 Å². The molecular weight excluding hydrogens is 242 g/mol. The summed E-state index contributed by atoms with van der Waals surface area (Å²) in [6.45, 7) is 4.47. The lowest BCUT2D eigenvalue weighted by atomic mass is 10.5. The highest BCUT2D eigenvalue weighted by Crippen LogP contribution is 2.11. The van der Waals surface area contributed by atoms with Gasteiger partial charge in [-0.3, -0.25) is 4.79 Å². The molecule has 0 N–H and O–H groups in total. The summed E-state index contributed by atoms with van der Waals surface area (Å²) >= 11 is 3.23. The van der Waals surface area contributed by atoms with Crippen LogP contribution in [0, 0.1) is 0 Å². The average Bonchev–Trinajstić information content (AvgIpc) is 2.74. The van der Waals surface area contributed by atoms with Crippen molar-refractivity contribution in [2.75, 3.05) is 11.5 Å². The van der Waals surface area contributed by atoms with Gasteiger partial charge in [0.05, 0.1) is 16.5 Å². The van der Waals surface area contributed by atoms with Crippen molar-refractivity contribution in [1.29, 1.82) is 0 Å². The van der Waals surface area contributed by atoms with E-state index in [1.54, 1.807) is 23.1 Å². The lowest BCUT2D eigenvalue weighted by molar-refractivity contribution is -0.141. The van der Waals surface area contributed by atoms with Crippen molar-refractivity contribution < 1.29 is 9.53 Å². The maximum absolute atomic E-state index is 11.3. The van der Waals surface area contributed by atoms with E-state index in [9.17, 15) is 4.79 Å². The van der Waals surface area contributed by atoms with E-state index in [0.29, 0.717) is 12.4 Å². The zero-order valence-corrected chi connectivity index (χ0v) is 11.3. The molecule has 1 heterocycles. The minimum Gasteiger partial charge on any atom is -0.459 e. The second-order valence-electron chi connectivity index (χ2n) is 3.30. The molecule has 1 aromatic heterocycles. The van der Waals surface area contributed by atoms with Crippen LogP contribution < -0.4 is 0 Å². The van der Waals surface area contributed by atoms with Gasteiger partial charge in [0, 0.05) is 5.38 Å². The Morgan fingerprint density at radius 1 is 1.56 bits per heavy atom. The van der Waals surface area contributed by atoms with Gasteiger partial charge in [-0.15, -0.1) is 11.3 Å². The zero-order valence-electron chi connectivity index (χ0n) is 9.69. The largest absolute Gasteiger partial charge is 0.459 e. The first kappa shape index (κ1) is 13.5. The van der Waals surface area contributed by atoms with E-state index in [1.807, 2.05) is 5.38 Å². The van der Waals surface area contributed by atoms with Crippen molar-refractivity contribution in [3.05, 3.63) is 16.1 Å². The first-order valence-electron chi connectivity index (χ1n) is 5.42. The number of nitrogens with zero attached hydrogens (tertiary/aromatic N) is 1. The molecule has 0 saturated heterocycles. The van der Waals surface area contributed by atoms with Crippen molar-refractivity contribution in [3.8, 4) is 0 Å². The minimum absolute atomic E-state index is 0.149. The van der Waals surface area contributed by atoms with Crippen LogP contribution in [0.5, 0.6) is 0 Å². The highest BCUT2D eigenvalue weighted by molar-refractivity contribution is 7.99. The van der Waals surface area contributed by atoms with Crippen LogP contribution in [0.25, 0.3) is 0 Å². The van der Waals surface area contributed by atoms with Gasteiger partial charge in [-0.1, -0.05) is 13.8 Å². The average molecular weight is 259 g/mol. The third-order valence-corrected chi connectivity index (χ3v) is 4.03. The molecule has 0 aromatic carbocycles. The lowest BCUT2D eigenvalue weighted by Crippen LogP contribution is -2.07. The Bertz CT molecular complexity index is 326. The molecule has 0 spiro atoms. The standard InChI is InChI=1S/C11H17NO2S2/c1-3-5-15-8-11(13)14-6-9-7-16-10(4-2)12-9/h7H,3-6,8H2,1-2H3. The molecule has 0 unspecified atom stereocenters. The summed E-state index contributed by atoms with van der Waals surface area (Å²) in [7, 11) is 0. The molecule has 3 nitrogen and oxygen atoms in total. The SMILES string of the molecule is CCCSCC(=O)OCc1csc(CC)n1. The van der Waals surface area contributed by atoms with E-state index in [0.717, 1.165) is 29.3 Å². The number of aromatic nitrogens is 1. The smallest absolute Gasteiger partial charge is 0.316 e. The van der Waals surface area contributed by atoms with E-state index in [-0.39, 0.29) is 5.97 Å². The second kappa shape index (κ2) is 7.68. The summed E-state index contributed by atoms with van der Waals surface area (Å²) in [6.07, 6.45) is 2.02. The fourth-order valence-corrected chi connectivity index (χ4v) is 2.49. The van der Waals surface area contributed by atoms with Gasteiger partial charge in [0.25, 0.3) is 0 Å². The van der Waals surface area contributed by atoms with Crippen molar-refractivity contribution in [3.63, 3.8) is 0 Å². The number of thiazole rings is 1. The molecule has 0 aliphatic carbocycles. The predicted molar refractivity (Wildman–Crippen MR) is 68.9 cm³/mol. The number of rotatable bonds is 7. The molecular formula is C11H17NO2S2. The Hall–Kier alpha value is -0.550. The van der Waals surface area contributed by atoms with Crippen LogP contribution in [0.4, 0.5) is 0 Å². The summed E-state index contributed by atoms with van der Waals surface area (Å²) in [6, 6.07) is 0. The molecule has 0 atom stereocenters. The molecule has 1 rings (SSSR count). The van der Waals surface area contributed by atoms with Crippen LogP contribution in [0.3, 0.4) is 0 Å². The predicted octanol–water partition coefficient (Wildman–Crippen LogP) is 2.89. The normalized spacial score (nSPS) is 10.4. The number of aryl methyl sites for hydroxylation is 1. The molecule has 16 heavy (non-hydrogen) atoms. The molecule has 0 radical (unpaired) electrons. The van der Waals surface area contributed by atoms with Gasteiger partial charge in [0.15, 0.2) is 0 Å². The van der Waals surface area contributed by atoms with Gasteiger partial charge in [-0.05, 0) is 18.6 Å². The first-order valence-corrected chi connectivity index (χ1v) is 7.46. The van der Waals surface area contributed by atoms with Crippen molar-refractivity contribution in [2.45, 2.75) is 33.3 Å². The molecule has 0 bridgehead atoms. The molecule has 1 aromatic rings. The Labute approximate surface area is 105 Å². The van der Waals surface area contributed by atoms with Gasteiger partial charge in [-0.25, -0.2) is 4.98 Å². The van der Waals surface area contributed by atoms with Crippen LogP contribution in [-0.4, -0.2) is 22.5 Å². The molecule has 0 aliphatic rings. The fourth-order valence-electron chi connectivity index (χ4n) is 1.07. The van der Waals surface area contributed by atoms with Crippen LogP contribution in [-0.2, 0) is 22.6 Å². The molecule has 5 heteroatoms. The van der Waals surface area contributed by atoms with Gasteiger partial charge in [0.2, 0.25) is 0 Å². The first-order chi connectivity index (χ1) is 7.76. The number of carbonyl (C=O) groups excluding carboxylic acids is 1. The summed E-state index contributed by atoms with van der Waals surface area (Å²) in [5.74, 6) is 1.30. The number of esters is 1. The number of hydrogen-bond donors (Lipinski definition) is 0. The Balaban J connectivity index is 2.20. The quantitative estimate of drug-likeness (QED) is 0.557. The zero-order chi connectivity index (χ0) is 11.8. The van der Waals surface area contributed by atoms with E-state index in [1.165, 1.54) is 0 Å². The van der Waals surface area contributed by atoms with Crippen molar-refractivity contribution >= 4 is 29.1 Å². The van der Waals surface area contributed by atoms with E-state index >= 15 is 0 Å². The molecule has 0 amide bonds. The monoisotopic (exact) mass is 259 g/mol. The highest BCUT2D eigenvalue weighted by atomic mass is 32.2. The van der Waals surface area contributed by atoms with Crippen molar-refractivity contribution in [2.24, 2.45) is 0 Å². The van der Waals surface area contributed by atoms with Gasteiger partial charge in [0.1, 0.15) is 6.61 Å². The van der Waals surface area contributed by atoms with Crippen LogP contribution in [0.15, 0.2) is 5.38 Å². The molecule has 0 aliphatic heterocycles. The van der Waals surface area contributed by atoms with Gasteiger partial charge < -0.3 is 4.74 Å². The summed E-state index contributed by atoms with van der Waals surface area (Å²) < 4.78 is 5.12. The third kappa shape index (κ3) is 4.99. The molecule has 90 valence electrons. The molecule has 0 fully saturated rings. The fraction of sp³-hybridized carbons (Fsp3) is 0.636.